The van der Waals surface area contributed by atoms with Crippen molar-refractivity contribution in [2.24, 2.45) is 0 Å². The van der Waals surface area contributed by atoms with Gasteiger partial charge < -0.3 is 5.32 Å². The van der Waals surface area contributed by atoms with Gasteiger partial charge in [-0.25, -0.2) is 4.98 Å². The van der Waals surface area contributed by atoms with Gasteiger partial charge in [0.1, 0.15) is 5.15 Å². The Morgan fingerprint density at radius 1 is 1.25 bits per heavy atom. The molecule has 0 saturated heterocycles. The lowest BCUT2D eigenvalue weighted by Gasteiger charge is -2.09. The smallest absolute Gasteiger partial charge is 0.255 e. The summed E-state index contributed by atoms with van der Waals surface area (Å²) in [5, 5.41) is 3.13. The van der Waals surface area contributed by atoms with Gasteiger partial charge in [0, 0.05) is 17.5 Å². The quantitative estimate of drug-likeness (QED) is 0.874. The second kappa shape index (κ2) is 6.01. The minimum atomic E-state index is -0.219. The number of amides is 1. The fraction of sp³-hybridized carbons (Fsp3) is 0.267. The molecule has 104 valence electrons. The van der Waals surface area contributed by atoms with Gasteiger partial charge in [-0.3, -0.25) is 9.78 Å². The molecule has 5 heteroatoms. The van der Waals surface area contributed by atoms with Crippen LogP contribution in [0, 0.1) is 6.92 Å². The van der Waals surface area contributed by atoms with Gasteiger partial charge in [0.15, 0.2) is 0 Å². The van der Waals surface area contributed by atoms with Crippen molar-refractivity contribution in [2.75, 3.05) is 5.32 Å². The van der Waals surface area contributed by atoms with Crippen molar-refractivity contribution >= 4 is 23.2 Å². The van der Waals surface area contributed by atoms with E-state index in [0.29, 0.717) is 16.4 Å². The lowest BCUT2D eigenvalue weighted by atomic mass is 10.1. The molecule has 2 rings (SSSR count). The molecule has 0 radical (unpaired) electrons. The van der Waals surface area contributed by atoms with Crippen LogP contribution in [-0.2, 0) is 0 Å². The van der Waals surface area contributed by atoms with Crippen molar-refractivity contribution in [2.45, 2.75) is 26.7 Å². The molecule has 0 spiro atoms. The summed E-state index contributed by atoms with van der Waals surface area (Å²) in [4.78, 5) is 20.5. The van der Waals surface area contributed by atoms with Crippen molar-refractivity contribution in [3.8, 4) is 0 Å². The van der Waals surface area contributed by atoms with Crippen LogP contribution in [0.25, 0.3) is 0 Å². The highest BCUT2D eigenvalue weighted by Gasteiger charge is 2.11. The normalized spacial score (nSPS) is 10.7. The molecular weight excluding hydrogens is 274 g/mol. The van der Waals surface area contributed by atoms with Crippen LogP contribution >= 0.6 is 11.6 Å². The summed E-state index contributed by atoms with van der Waals surface area (Å²) in [6.45, 7) is 5.93. The molecule has 0 bridgehead atoms. The predicted molar refractivity (Wildman–Crippen MR) is 80.3 cm³/mol. The molecule has 2 heterocycles. The van der Waals surface area contributed by atoms with Gasteiger partial charge in [0.05, 0.1) is 11.9 Å². The summed E-state index contributed by atoms with van der Waals surface area (Å²) in [6.07, 6.45) is 3.34. The number of nitrogens with one attached hydrogen (secondary N) is 1. The Labute approximate surface area is 123 Å². The lowest BCUT2D eigenvalue weighted by Crippen LogP contribution is -2.13. The van der Waals surface area contributed by atoms with Gasteiger partial charge in [-0.1, -0.05) is 25.4 Å². The minimum Gasteiger partial charge on any atom is -0.321 e. The van der Waals surface area contributed by atoms with Crippen molar-refractivity contribution in [1.82, 2.24) is 9.97 Å². The fourth-order valence-electron chi connectivity index (χ4n) is 1.77. The molecule has 4 nitrogen and oxygen atoms in total. The number of nitrogens with zero attached hydrogens (tertiary/aromatic N) is 2. The van der Waals surface area contributed by atoms with Crippen molar-refractivity contribution in [3.63, 3.8) is 0 Å². The summed E-state index contributed by atoms with van der Waals surface area (Å²) in [6, 6.07) is 5.18. The Morgan fingerprint density at radius 2 is 2.00 bits per heavy atom. The molecule has 0 aliphatic heterocycles. The minimum absolute atomic E-state index is 0.209. The second-order valence-electron chi connectivity index (χ2n) is 4.96. The first-order chi connectivity index (χ1) is 9.45. The van der Waals surface area contributed by atoms with E-state index in [-0.39, 0.29) is 11.8 Å². The van der Waals surface area contributed by atoms with Crippen molar-refractivity contribution < 1.29 is 4.79 Å². The van der Waals surface area contributed by atoms with Crippen molar-refractivity contribution in [1.29, 1.82) is 0 Å². The molecule has 20 heavy (non-hydrogen) atoms. The highest BCUT2D eigenvalue weighted by atomic mass is 35.5. The highest BCUT2D eigenvalue weighted by molar-refractivity contribution is 6.29. The Balaban J connectivity index is 2.25. The van der Waals surface area contributed by atoms with E-state index >= 15 is 0 Å². The molecular formula is C15H16ClN3O. The standard InChI is InChI=1S/C15H16ClN3O/c1-9(2)13-5-11(6-14(16)19-13)15(20)18-12-4-10(3)7-17-8-12/h4-9H,1-3H3,(H,18,20). The van der Waals surface area contributed by atoms with Gasteiger partial charge in [0.25, 0.3) is 5.91 Å². The number of hydrogen-bond donors (Lipinski definition) is 1. The second-order valence-corrected chi connectivity index (χ2v) is 5.35. The summed E-state index contributed by atoms with van der Waals surface area (Å²) in [5.41, 5.74) is 2.94. The number of hydrogen-bond acceptors (Lipinski definition) is 3. The Hall–Kier alpha value is -1.94. The Morgan fingerprint density at radius 3 is 2.65 bits per heavy atom. The van der Waals surface area contributed by atoms with Crippen LogP contribution < -0.4 is 5.32 Å². The predicted octanol–water partition coefficient (Wildman–Crippen LogP) is 3.81. The molecule has 1 N–H and O–H groups in total. The maximum Gasteiger partial charge on any atom is 0.255 e. The first-order valence-corrected chi connectivity index (χ1v) is 6.74. The number of carbonyl (C=O) groups is 1. The van der Waals surface area contributed by atoms with Crippen molar-refractivity contribution in [3.05, 3.63) is 52.6 Å². The van der Waals surface area contributed by atoms with E-state index in [1.165, 1.54) is 0 Å². The molecule has 0 aliphatic carbocycles. The van der Waals surface area contributed by atoms with Crippen LogP contribution in [-0.4, -0.2) is 15.9 Å². The largest absolute Gasteiger partial charge is 0.321 e. The number of pyridine rings is 2. The van der Waals surface area contributed by atoms with E-state index in [0.717, 1.165) is 11.3 Å². The van der Waals surface area contributed by atoms with Crippen LogP contribution in [0.15, 0.2) is 30.6 Å². The third kappa shape index (κ3) is 3.54. The molecule has 0 atom stereocenters. The zero-order chi connectivity index (χ0) is 14.7. The molecule has 2 aromatic rings. The summed E-state index contributed by atoms with van der Waals surface area (Å²) < 4.78 is 0. The van der Waals surface area contributed by atoms with Gasteiger partial charge >= 0.3 is 0 Å². The number of anilines is 1. The lowest BCUT2D eigenvalue weighted by molar-refractivity contribution is 0.102. The maximum absolute atomic E-state index is 12.2. The average Bonchev–Trinajstić information content (AvgIpc) is 2.37. The zero-order valence-corrected chi connectivity index (χ0v) is 12.4. The summed E-state index contributed by atoms with van der Waals surface area (Å²) in [7, 11) is 0. The maximum atomic E-state index is 12.2. The van der Waals surface area contributed by atoms with Gasteiger partial charge in [-0.15, -0.1) is 0 Å². The first-order valence-electron chi connectivity index (χ1n) is 6.36. The van der Waals surface area contributed by atoms with E-state index in [9.17, 15) is 4.79 Å². The molecule has 1 amide bonds. The third-order valence-electron chi connectivity index (χ3n) is 2.80. The van der Waals surface area contributed by atoms with Crippen LogP contribution in [0.3, 0.4) is 0 Å². The molecule has 0 unspecified atom stereocenters. The van der Waals surface area contributed by atoms with Crippen LogP contribution in [0.2, 0.25) is 5.15 Å². The third-order valence-corrected chi connectivity index (χ3v) is 2.99. The zero-order valence-electron chi connectivity index (χ0n) is 11.6. The van der Waals surface area contributed by atoms with Crippen LogP contribution in [0.1, 0.15) is 41.4 Å². The van der Waals surface area contributed by atoms with Crippen LogP contribution in [0.4, 0.5) is 5.69 Å². The average molecular weight is 290 g/mol. The monoisotopic (exact) mass is 289 g/mol. The number of aromatic nitrogens is 2. The summed E-state index contributed by atoms with van der Waals surface area (Å²) >= 11 is 5.96. The van der Waals surface area contributed by atoms with E-state index in [2.05, 4.69) is 15.3 Å². The van der Waals surface area contributed by atoms with E-state index in [1.54, 1.807) is 24.5 Å². The Bertz CT molecular complexity index is 641. The van der Waals surface area contributed by atoms with Gasteiger partial charge in [0.2, 0.25) is 0 Å². The summed E-state index contributed by atoms with van der Waals surface area (Å²) in [5.74, 6) is -0.00973. The number of halogens is 1. The first kappa shape index (κ1) is 14.5. The van der Waals surface area contributed by atoms with Crippen LogP contribution in [0.5, 0.6) is 0 Å². The van der Waals surface area contributed by atoms with E-state index in [4.69, 9.17) is 11.6 Å². The number of aryl methyl sites for hydroxylation is 1. The molecule has 0 fully saturated rings. The number of rotatable bonds is 3. The van der Waals surface area contributed by atoms with E-state index < -0.39 is 0 Å². The molecule has 0 aromatic carbocycles. The highest BCUT2D eigenvalue weighted by Crippen LogP contribution is 2.19. The molecule has 0 aliphatic rings. The van der Waals surface area contributed by atoms with E-state index in [1.807, 2.05) is 26.8 Å². The Kier molecular flexibility index (Phi) is 4.35. The topological polar surface area (TPSA) is 54.9 Å². The van der Waals surface area contributed by atoms with Gasteiger partial charge in [-0.05, 0) is 36.6 Å². The SMILES string of the molecule is Cc1cncc(NC(=O)c2cc(Cl)nc(C(C)C)c2)c1. The fourth-order valence-corrected chi connectivity index (χ4v) is 1.99. The molecule has 2 aromatic heterocycles. The number of carbonyl (C=O) groups excluding carboxylic acids is 1. The molecule has 0 saturated carbocycles. The van der Waals surface area contributed by atoms with Gasteiger partial charge in [-0.2, -0.15) is 0 Å².